The van der Waals surface area contributed by atoms with Gasteiger partial charge in [0.05, 0.1) is 17.3 Å². The number of aromatic amines is 1. The van der Waals surface area contributed by atoms with Crippen molar-refractivity contribution in [1.82, 2.24) is 24.9 Å². The molecule has 1 aliphatic heterocycles. The first-order valence-corrected chi connectivity index (χ1v) is 9.90. The summed E-state index contributed by atoms with van der Waals surface area (Å²) in [6.07, 6.45) is 0.879. The Morgan fingerprint density at radius 3 is 2.38 bits per heavy atom. The Kier molecular flexibility index (Phi) is 6.48. The molecule has 1 aromatic heterocycles. The SMILES string of the molecule is CCC(C)NC(=O)CN1CCN(C(=O)Cn2[nH]c(=O)c3ccccc3c2=O)CC1. The molecule has 1 aromatic carbocycles. The smallest absolute Gasteiger partial charge is 0.273 e. The van der Waals surface area contributed by atoms with Crippen LogP contribution in [0.25, 0.3) is 10.8 Å². The fourth-order valence-corrected chi connectivity index (χ4v) is 3.37. The predicted molar refractivity (Wildman–Crippen MR) is 110 cm³/mol. The number of H-pyrrole nitrogens is 1. The summed E-state index contributed by atoms with van der Waals surface area (Å²) in [6, 6.07) is 6.68. The van der Waals surface area contributed by atoms with Gasteiger partial charge in [0.25, 0.3) is 11.1 Å². The van der Waals surface area contributed by atoms with E-state index in [1.54, 1.807) is 29.2 Å². The highest BCUT2D eigenvalue weighted by atomic mass is 16.2. The summed E-state index contributed by atoms with van der Waals surface area (Å²) in [6.45, 7) is 6.20. The number of nitrogens with zero attached hydrogens (tertiary/aromatic N) is 3. The number of nitrogens with one attached hydrogen (secondary N) is 2. The Morgan fingerprint density at radius 2 is 1.72 bits per heavy atom. The van der Waals surface area contributed by atoms with Crippen LogP contribution in [0.4, 0.5) is 0 Å². The first-order valence-electron chi connectivity index (χ1n) is 9.90. The lowest BCUT2D eigenvalue weighted by Gasteiger charge is -2.34. The van der Waals surface area contributed by atoms with Crippen LogP contribution in [-0.2, 0) is 16.1 Å². The van der Waals surface area contributed by atoms with Crippen LogP contribution in [0, 0.1) is 0 Å². The number of hydrogen-bond donors (Lipinski definition) is 2. The molecule has 0 spiro atoms. The van der Waals surface area contributed by atoms with E-state index in [1.165, 1.54) is 0 Å². The van der Waals surface area contributed by atoms with Crippen LogP contribution in [0.1, 0.15) is 20.3 Å². The van der Waals surface area contributed by atoms with Crippen molar-refractivity contribution in [2.24, 2.45) is 0 Å². The van der Waals surface area contributed by atoms with Crippen LogP contribution in [0.3, 0.4) is 0 Å². The average molecular weight is 401 g/mol. The van der Waals surface area contributed by atoms with Gasteiger partial charge in [-0.3, -0.25) is 29.2 Å². The number of amides is 2. The number of piperazine rings is 1. The maximum absolute atomic E-state index is 12.6. The Labute approximate surface area is 168 Å². The molecule has 1 atom stereocenters. The van der Waals surface area contributed by atoms with Crippen LogP contribution in [0.15, 0.2) is 33.9 Å². The van der Waals surface area contributed by atoms with Crippen LogP contribution in [-0.4, -0.2) is 70.2 Å². The summed E-state index contributed by atoms with van der Waals surface area (Å²) in [5, 5.41) is 6.02. The number of fused-ring (bicyclic) bond motifs is 1. The van der Waals surface area contributed by atoms with Gasteiger partial charge in [0, 0.05) is 32.2 Å². The van der Waals surface area contributed by atoms with Gasteiger partial charge in [0.2, 0.25) is 11.8 Å². The van der Waals surface area contributed by atoms with E-state index in [2.05, 4.69) is 10.4 Å². The zero-order valence-electron chi connectivity index (χ0n) is 16.8. The second kappa shape index (κ2) is 9.04. The molecule has 2 heterocycles. The minimum absolute atomic E-state index is 0.0144. The van der Waals surface area contributed by atoms with E-state index in [-0.39, 0.29) is 24.4 Å². The Balaban J connectivity index is 1.59. The number of hydrogen-bond acceptors (Lipinski definition) is 5. The van der Waals surface area contributed by atoms with E-state index in [9.17, 15) is 19.2 Å². The summed E-state index contributed by atoms with van der Waals surface area (Å²) >= 11 is 0. The van der Waals surface area contributed by atoms with Crippen molar-refractivity contribution in [3.8, 4) is 0 Å². The standard InChI is InChI=1S/C20H27N5O4/c1-3-14(2)21-17(26)12-23-8-10-24(11-9-23)18(27)13-25-20(29)16-7-5-4-6-15(16)19(28)22-25/h4-7,14H,3,8-13H2,1-2H3,(H,21,26)(H,22,28). The van der Waals surface area contributed by atoms with Gasteiger partial charge < -0.3 is 10.2 Å². The fourth-order valence-electron chi connectivity index (χ4n) is 3.37. The zero-order chi connectivity index (χ0) is 21.0. The van der Waals surface area contributed by atoms with Gasteiger partial charge in [-0.2, -0.15) is 0 Å². The van der Waals surface area contributed by atoms with Gasteiger partial charge in [0.1, 0.15) is 6.54 Å². The Bertz CT molecular complexity index is 1000. The van der Waals surface area contributed by atoms with Gasteiger partial charge in [0.15, 0.2) is 0 Å². The molecule has 2 amide bonds. The van der Waals surface area contributed by atoms with E-state index < -0.39 is 11.1 Å². The maximum atomic E-state index is 12.6. The molecule has 0 aliphatic carbocycles. The summed E-state index contributed by atoms with van der Waals surface area (Å²) < 4.78 is 1.07. The lowest BCUT2D eigenvalue weighted by Crippen LogP contribution is -2.52. The molecule has 1 fully saturated rings. The van der Waals surface area contributed by atoms with Crippen molar-refractivity contribution in [3.05, 3.63) is 45.0 Å². The Hall–Kier alpha value is -2.94. The van der Waals surface area contributed by atoms with Crippen LogP contribution in [0.2, 0.25) is 0 Å². The third-order valence-corrected chi connectivity index (χ3v) is 5.29. The summed E-state index contributed by atoms with van der Waals surface area (Å²) in [4.78, 5) is 53.0. The van der Waals surface area contributed by atoms with Crippen molar-refractivity contribution in [1.29, 1.82) is 0 Å². The number of carbonyl (C=O) groups is 2. The molecule has 1 aliphatic rings. The van der Waals surface area contributed by atoms with E-state index in [0.29, 0.717) is 43.5 Å². The van der Waals surface area contributed by atoms with Crippen molar-refractivity contribution < 1.29 is 9.59 Å². The number of carbonyl (C=O) groups excluding carboxylic acids is 2. The lowest BCUT2D eigenvalue weighted by atomic mass is 10.2. The van der Waals surface area contributed by atoms with E-state index in [4.69, 9.17) is 0 Å². The molecule has 1 unspecified atom stereocenters. The largest absolute Gasteiger partial charge is 0.353 e. The molecule has 0 radical (unpaired) electrons. The first kappa shape index (κ1) is 20.8. The second-order valence-electron chi connectivity index (χ2n) is 7.41. The van der Waals surface area contributed by atoms with E-state index in [0.717, 1.165) is 11.1 Å². The van der Waals surface area contributed by atoms with Crippen molar-refractivity contribution >= 4 is 22.6 Å². The van der Waals surface area contributed by atoms with Gasteiger partial charge >= 0.3 is 0 Å². The highest BCUT2D eigenvalue weighted by molar-refractivity contribution is 5.81. The summed E-state index contributed by atoms with van der Waals surface area (Å²) in [7, 11) is 0. The van der Waals surface area contributed by atoms with Crippen LogP contribution >= 0.6 is 0 Å². The molecule has 0 saturated carbocycles. The third-order valence-electron chi connectivity index (χ3n) is 5.29. The molecular weight excluding hydrogens is 374 g/mol. The fraction of sp³-hybridized carbons (Fsp3) is 0.500. The number of aromatic nitrogens is 2. The van der Waals surface area contributed by atoms with Gasteiger partial charge in [-0.1, -0.05) is 19.1 Å². The highest BCUT2D eigenvalue weighted by Crippen LogP contribution is 2.05. The maximum Gasteiger partial charge on any atom is 0.273 e. The monoisotopic (exact) mass is 401 g/mol. The molecule has 9 heteroatoms. The first-order chi connectivity index (χ1) is 13.9. The van der Waals surface area contributed by atoms with E-state index >= 15 is 0 Å². The Morgan fingerprint density at radius 1 is 1.07 bits per heavy atom. The predicted octanol–water partition coefficient (Wildman–Crippen LogP) is -0.251. The number of rotatable bonds is 6. The third kappa shape index (κ3) is 4.92. The lowest BCUT2D eigenvalue weighted by molar-refractivity contribution is -0.134. The highest BCUT2D eigenvalue weighted by Gasteiger charge is 2.23. The van der Waals surface area contributed by atoms with Gasteiger partial charge in [-0.05, 0) is 25.5 Å². The van der Waals surface area contributed by atoms with Crippen molar-refractivity contribution in [2.45, 2.75) is 32.9 Å². The molecule has 3 rings (SSSR count). The molecule has 9 nitrogen and oxygen atoms in total. The van der Waals surface area contributed by atoms with Crippen molar-refractivity contribution in [3.63, 3.8) is 0 Å². The molecule has 0 bridgehead atoms. The molecule has 1 saturated heterocycles. The second-order valence-corrected chi connectivity index (χ2v) is 7.41. The van der Waals surface area contributed by atoms with Gasteiger partial charge in [-0.15, -0.1) is 0 Å². The van der Waals surface area contributed by atoms with Crippen LogP contribution in [0.5, 0.6) is 0 Å². The molecule has 156 valence electrons. The number of benzene rings is 1. The van der Waals surface area contributed by atoms with E-state index in [1.807, 2.05) is 18.7 Å². The molecular formula is C20H27N5O4. The quantitative estimate of drug-likeness (QED) is 0.694. The van der Waals surface area contributed by atoms with Gasteiger partial charge in [-0.25, -0.2) is 4.68 Å². The topological polar surface area (TPSA) is 108 Å². The molecule has 2 N–H and O–H groups in total. The molecule has 29 heavy (non-hydrogen) atoms. The minimum atomic E-state index is -0.398. The normalized spacial score (nSPS) is 16.0. The average Bonchev–Trinajstić information content (AvgIpc) is 2.72. The summed E-state index contributed by atoms with van der Waals surface area (Å²) in [5.74, 6) is -0.249. The molecule has 2 aromatic rings. The van der Waals surface area contributed by atoms with Crippen molar-refractivity contribution in [2.75, 3.05) is 32.7 Å². The zero-order valence-corrected chi connectivity index (χ0v) is 16.8. The summed E-state index contributed by atoms with van der Waals surface area (Å²) in [5.41, 5.74) is -0.793. The minimum Gasteiger partial charge on any atom is -0.353 e. The van der Waals surface area contributed by atoms with Crippen LogP contribution < -0.4 is 16.4 Å².